The van der Waals surface area contributed by atoms with E-state index in [9.17, 15) is 35.4 Å². The summed E-state index contributed by atoms with van der Waals surface area (Å²) in [5, 5.41) is 76.5. The number of nitrogens with two attached hydrogens (primary N) is 5. The lowest BCUT2D eigenvalue weighted by Crippen LogP contribution is -2.64. The molecule has 0 aromatic rings. The van der Waals surface area contributed by atoms with Gasteiger partial charge in [-0.1, -0.05) is 0 Å². The van der Waals surface area contributed by atoms with Crippen LogP contribution in [0.4, 0.5) is 0 Å². The molecule has 288 valence electrons. The molecule has 18 N–H and O–H groups in total. The number of hydrogen-bond donors (Lipinski definition) is 13. The van der Waals surface area contributed by atoms with Crippen LogP contribution in [0.3, 0.4) is 0 Å². The predicted molar refractivity (Wildman–Crippen MR) is 169 cm³/mol. The molecule has 3 aliphatic heterocycles. The summed E-state index contributed by atoms with van der Waals surface area (Å²) in [6.07, 6.45) is -14.0. The van der Waals surface area contributed by atoms with Crippen molar-refractivity contribution in [1.29, 1.82) is 0 Å². The standard InChI is InChI=1S/C30H54N6O14/c31-8-15-21(41)22(42)19(35)28(46-15)49-25-16(10-38)47-29(23(25)43)50-26-20(40)11(6-18(39)30(44)7-17(30)34)5-14(33)24(26)48-27-13(32)2-1-12(45-27)9-36-3-4-37/h1,11,13-17,19-29,36-38,40-44H,2-10,31-35H2/t11-,13+,14-,15-,16+,17?,19+,20-,21+,22+,23+,24+,25+,26+,27+,28+,29-,30?/m0/s1. The average molecular weight is 723 g/mol. The monoisotopic (exact) mass is 722 g/mol. The van der Waals surface area contributed by atoms with Crippen LogP contribution in [-0.2, 0) is 33.2 Å². The fourth-order valence-electron chi connectivity index (χ4n) is 6.95. The van der Waals surface area contributed by atoms with Crippen molar-refractivity contribution in [2.75, 3.05) is 32.8 Å². The van der Waals surface area contributed by atoms with E-state index < -0.39 is 122 Å². The molecule has 3 heterocycles. The number of ketones is 1. The van der Waals surface area contributed by atoms with E-state index in [0.29, 0.717) is 18.7 Å². The molecule has 20 nitrogen and oxygen atoms in total. The highest BCUT2D eigenvalue weighted by Crippen LogP contribution is 2.41. The van der Waals surface area contributed by atoms with E-state index in [1.165, 1.54) is 0 Å². The zero-order chi connectivity index (χ0) is 36.5. The van der Waals surface area contributed by atoms with E-state index in [2.05, 4.69) is 5.32 Å². The van der Waals surface area contributed by atoms with Crippen LogP contribution >= 0.6 is 0 Å². The molecule has 0 spiro atoms. The second kappa shape index (κ2) is 16.7. The molecule has 5 rings (SSSR count). The van der Waals surface area contributed by atoms with E-state index in [1.54, 1.807) is 6.08 Å². The summed E-state index contributed by atoms with van der Waals surface area (Å²) in [6, 6.07) is -3.51. The Balaban J connectivity index is 1.34. The van der Waals surface area contributed by atoms with Crippen molar-refractivity contribution in [1.82, 2.24) is 5.32 Å². The number of nitrogens with one attached hydrogen (secondary N) is 1. The third kappa shape index (κ3) is 8.33. The molecule has 50 heavy (non-hydrogen) atoms. The van der Waals surface area contributed by atoms with Gasteiger partial charge in [0.1, 0.15) is 60.2 Å². The van der Waals surface area contributed by atoms with Crippen LogP contribution in [-0.4, -0.2) is 178 Å². The third-order valence-electron chi connectivity index (χ3n) is 10.2. The number of aliphatic hydroxyl groups is 7. The average Bonchev–Trinajstić information content (AvgIpc) is 3.61. The Bertz CT molecular complexity index is 1180. The van der Waals surface area contributed by atoms with Gasteiger partial charge in [0.05, 0.1) is 37.9 Å². The maximum atomic E-state index is 13.0. The molecule has 0 aromatic carbocycles. The summed E-state index contributed by atoms with van der Waals surface area (Å²) in [5.41, 5.74) is 28.7. The van der Waals surface area contributed by atoms with Gasteiger partial charge in [-0.05, 0) is 24.8 Å². The summed E-state index contributed by atoms with van der Waals surface area (Å²) in [6.45, 7) is -0.313. The third-order valence-corrected chi connectivity index (χ3v) is 10.2. The van der Waals surface area contributed by atoms with Crippen molar-refractivity contribution >= 4 is 5.78 Å². The lowest BCUT2D eigenvalue weighted by atomic mass is 9.76. The van der Waals surface area contributed by atoms with Gasteiger partial charge in [0.25, 0.3) is 0 Å². The van der Waals surface area contributed by atoms with Crippen LogP contribution in [0, 0.1) is 5.92 Å². The Morgan fingerprint density at radius 1 is 0.880 bits per heavy atom. The molecule has 0 aromatic heterocycles. The number of aliphatic hydroxyl groups excluding tert-OH is 6. The summed E-state index contributed by atoms with van der Waals surface area (Å²) in [5.74, 6) is -0.879. The van der Waals surface area contributed by atoms with E-state index in [0.717, 1.165) is 0 Å². The Morgan fingerprint density at radius 3 is 2.18 bits per heavy atom. The molecule has 2 aliphatic carbocycles. The molecule has 0 amide bonds. The Hall–Kier alpha value is -1.51. The fourth-order valence-corrected chi connectivity index (χ4v) is 6.95. The minimum absolute atomic E-state index is 0.0674. The SMILES string of the molecule is NC[C@@H]1O[C@H](O[C@H]2[C@@H](O)[C@H](O[C@@H]3[C@@H](O)[C@H](CC(=O)C4(O)CC4N)C[C@H](N)[C@H]3O[C@H]3OC(CNCCO)=CC[C@H]3N)O[C@@H]2CO)[C@H](N)[C@@H](O)[C@@H]1O. The normalized spacial score (nSPS) is 47.8. The predicted octanol–water partition coefficient (Wildman–Crippen LogP) is -7.38. The summed E-state index contributed by atoms with van der Waals surface area (Å²) >= 11 is 0. The Labute approximate surface area is 288 Å². The van der Waals surface area contributed by atoms with Crippen LogP contribution in [0.15, 0.2) is 11.8 Å². The highest BCUT2D eigenvalue weighted by Gasteiger charge is 2.58. The first kappa shape index (κ1) is 39.7. The van der Waals surface area contributed by atoms with Gasteiger partial charge < -0.3 is 98.2 Å². The molecule has 2 saturated carbocycles. The van der Waals surface area contributed by atoms with E-state index in [1.807, 2.05) is 0 Å². The van der Waals surface area contributed by atoms with Gasteiger partial charge in [-0.3, -0.25) is 4.79 Å². The van der Waals surface area contributed by atoms with Crippen molar-refractivity contribution in [2.45, 2.75) is 129 Å². The van der Waals surface area contributed by atoms with Crippen molar-refractivity contribution in [3.05, 3.63) is 11.8 Å². The second-order valence-electron chi connectivity index (χ2n) is 13.8. The number of rotatable bonds is 15. The number of hydrogen-bond acceptors (Lipinski definition) is 20. The number of Topliss-reactive ketones (excluding diaryl/α,β-unsaturated/α-hetero) is 1. The van der Waals surface area contributed by atoms with Crippen LogP contribution in [0.25, 0.3) is 0 Å². The molecule has 4 fully saturated rings. The fraction of sp³-hybridized carbons (Fsp3) is 0.900. The number of ether oxygens (including phenoxy) is 6. The molecule has 0 bridgehead atoms. The second-order valence-corrected chi connectivity index (χ2v) is 13.8. The smallest absolute Gasteiger partial charge is 0.215 e. The van der Waals surface area contributed by atoms with Crippen molar-refractivity contribution in [2.24, 2.45) is 34.6 Å². The molecule has 5 aliphatic rings. The first-order valence-electron chi connectivity index (χ1n) is 17.0. The Morgan fingerprint density at radius 2 is 1.54 bits per heavy atom. The van der Waals surface area contributed by atoms with Gasteiger partial charge in [-0.15, -0.1) is 0 Å². The molecule has 18 atom stereocenters. The van der Waals surface area contributed by atoms with E-state index in [-0.39, 0.29) is 39.0 Å². The molecular weight excluding hydrogens is 668 g/mol. The summed E-state index contributed by atoms with van der Waals surface area (Å²) in [4.78, 5) is 13.0. The Kier molecular flexibility index (Phi) is 13.2. The largest absolute Gasteiger partial charge is 0.467 e. The first-order chi connectivity index (χ1) is 23.7. The van der Waals surface area contributed by atoms with Gasteiger partial charge in [-0.25, -0.2) is 0 Å². The minimum atomic E-state index is -1.69. The lowest BCUT2D eigenvalue weighted by Gasteiger charge is -2.46. The van der Waals surface area contributed by atoms with Crippen LogP contribution < -0.4 is 34.0 Å². The van der Waals surface area contributed by atoms with Gasteiger partial charge in [0, 0.05) is 38.0 Å². The van der Waals surface area contributed by atoms with E-state index >= 15 is 0 Å². The lowest BCUT2D eigenvalue weighted by molar-refractivity contribution is -0.283. The maximum absolute atomic E-state index is 13.0. The summed E-state index contributed by atoms with van der Waals surface area (Å²) < 4.78 is 35.8. The van der Waals surface area contributed by atoms with E-state index in [4.69, 9.17) is 62.2 Å². The molecule has 0 radical (unpaired) electrons. The minimum Gasteiger partial charge on any atom is -0.467 e. The quantitative estimate of drug-likeness (QED) is 0.0698. The van der Waals surface area contributed by atoms with Gasteiger partial charge in [0.15, 0.2) is 18.4 Å². The maximum Gasteiger partial charge on any atom is 0.215 e. The van der Waals surface area contributed by atoms with Crippen LogP contribution in [0.5, 0.6) is 0 Å². The molecule has 20 heteroatoms. The first-order valence-corrected chi connectivity index (χ1v) is 17.0. The summed E-state index contributed by atoms with van der Waals surface area (Å²) in [7, 11) is 0. The number of carbonyl (C=O) groups is 1. The molecular formula is C30H54N6O14. The van der Waals surface area contributed by atoms with Crippen molar-refractivity contribution < 1.29 is 69.0 Å². The topological polar surface area (TPSA) is 356 Å². The number of carbonyl (C=O) groups excluding carboxylic acids is 1. The van der Waals surface area contributed by atoms with Crippen LogP contribution in [0.1, 0.15) is 25.7 Å². The van der Waals surface area contributed by atoms with Gasteiger partial charge in [0.2, 0.25) is 6.29 Å². The molecule has 2 saturated heterocycles. The zero-order valence-electron chi connectivity index (χ0n) is 27.6. The highest BCUT2D eigenvalue weighted by molar-refractivity contribution is 5.91. The van der Waals surface area contributed by atoms with Crippen molar-refractivity contribution in [3.8, 4) is 0 Å². The van der Waals surface area contributed by atoms with Crippen molar-refractivity contribution in [3.63, 3.8) is 0 Å². The van der Waals surface area contributed by atoms with Crippen LogP contribution in [0.2, 0.25) is 0 Å². The zero-order valence-corrected chi connectivity index (χ0v) is 27.6. The highest BCUT2D eigenvalue weighted by atomic mass is 16.8. The van der Waals surface area contributed by atoms with Gasteiger partial charge in [-0.2, -0.15) is 0 Å². The van der Waals surface area contributed by atoms with Gasteiger partial charge >= 0.3 is 0 Å². The molecule has 2 unspecified atom stereocenters.